The van der Waals surface area contributed by atoms with Gasteiger partial charge in [-0.05, 0) is 32.0 Å². The number of likely N-dealkylation sites (tertiary alicyclic amines) is 1. The fraction of sp³-hybridized carbons (Fsp3) is 0.615. The van der Waals surface area contributed by atoms with Crippen LogP contribution in [0, 0.1) is 10.1 Å². The first-order valence-corrected chi connectivity index (χ1v) is 6.89. The number of hydrogen-bond acceptors (Lipinski definition) is 6. The fourth-order valence-electron chi connectivity index (χ4n) is 2.27. The van der Waals surface area contributed by atoms with Gasteiger partial charge in [-0.15, -0.1) is 0 Å². The van der Waals surface area contributed by atoms with Crippen LogP contribution in [0.1, 0.15) is 19.3 Å². The van der Waals surface area contributed by atoms with Crippen molar-refractivity contribution in [3.63, 3.8) is 0 Å². The third-order valence-corrected chi connectivity index (χ3v) is 3.39. The Hall–Kier alpha value is -1.89. The van der Waals surface area contributed by atoms with Crippen LogP contribution >= 0.6 is 0 Å². The van der Waals surface area contributed by atoms with E-state index in [2.05, 4.69) is 15.2 Å². The van der Waals surface area contributed by atoms with Gasteiger partial charge in [0, 0.05) is 19.7 Å². The van der Waals surface area contributed by atoms with Gasteiger partial charge >= 0.3 is 5.69 Å². The standard InChI is InChI=1S/C13H20N4O3/c1-14-12-6-5-11(17(18)19)13(15-12)20-10-9-16-7-3-2-4-8-16/h5-6H,2-4,7-10H2,1H3,(H,14,15). The number of ether oxygens (including phenoxy) is 1. The molecule has 1 N–H and O–H groups in total. The molecule has 1 aliphatic rings. The van der Waals surface area contributed by atoms with Crippen molar-refractivity contribution in [2.45, 2.75) is 19.3 Å². The van der Waals surface area contributed by atoms with Crippen LogP contribution in [-0.4, -0.2) is 48.1 Å². The van der Waals surface area contributed by atoms with Gasteiger partial charge in [-0.1, -0.05) is 6.42 Å². The lowest BCUT2D eigenvalue weighted by atomic mass is 10.1. The molecule has 0 radical (unpaired) electrons. The molecule has 1 aliphatic heterocycles. The van der Waals surface area contributed by atoms with Crippen LogP contribution in [0.15, 0.2) is 12.1 Å². The lowest BCUT2D eigenvalue weighted by Crippen LogP contribution is -2.33. The van der Waals surface area contributed by atoms with E-state index in [-0.39, 0.29) is 11.6 Å². The van der Waals surface area contributed by atoms with Crippen LogP contribution in [0.25, 0.3) is 0 Å². The van der Waals surface area contributed by atoms with Crippen LogP contribution in [0.4, 0.5) is 11.5 Å². The van der Waals surface area contributed by atoms with Gasteiger partial charge in [-0.2, -0.15) is 4.98 Å². The molecule has 0 aromatic carbocycles. The second kappa shape index (κ2) is 7.04. The Morgan fingerprint density at radius 2 is 2.15 bits per heavy atom. The number of rotatable bonds is 6. The Labute approximate surface area is 118 Å². The molecule has 1 aromatic rings. The van der Waals surface area contributed by atoms with Crippen LogP contribution in [-0.2, 0) is 0 Å². The average Bonchev–Trinajstić information content (AvgIpc) is 2.48. The fourth-order valence-corrected chi connectivity index (χ4v) is 2.27. The third kappa shape index (κ3) is 3.80. The predicted octanol–water partition coefficient (Wildman–Crippen LogP) is 1.90. The highest BCUT2D eigenvalue weighted by molar-refractivity contribution is 5.48. The number of pyridine rings is 1. The van der Waals surface area contributed by atoms with E-state index < -0.39 is 4.92 Å². The molecule has 110 valence electrons. The van der Waals surface area contributed by atoms with Gasteiger partial charge in [-0.3, -0.25) is 15.0 Å². The van der Waals surface area contributed by atoms with Crippen LogP contribution in [0.5, 0.6) is 5.88 Å². The maximum Gasteiger partial charge on any atom is 0.331 e. The minimum absolute atomic E-state index is 0.0823. The molecule has 1 aromatic heterocycles. The van der Waals surface area contributed by atoms with Crippen molar-refractivity contribution in [2.24, 2.45) is 0 Å². The molecule has 0 saturated carbocycles. The van der Waals surface area contributed by atoms with E-state index in [0.29, 0.717) is 12.4 Å². The first-order chi connectivity index (χ1) is 9.70. The minimum Gasteiger partial charge on any atom is -0.471 e. The molecule has 7 nitrogen and oxygen atoms in total. The SMILES string of the molecule is CNc1ccc([N+](=O)[O-])c(OCCN2CCCCC2)n1. The molecule has 7 heteroatoms. The van der Waals surface area contributed by atoms with Gasteiger partial charge in [0.1, 0.15) is 12.4 Å². The number of nitrogens with one attached hydrogen (secondary N) is 1. The van der Waals surface area contributed by atoms with Crippen molar-refractivity contribution in [3.8, 4) is 5.88 Å². The Morgan fingerprint density at radius 1 is 1.40 bits per heavy atom. The Morgan fingerprint density at radius 3 is 2.80 bits per heavy atom. The van der Waals surface area contributed by atoms with Gasteiger partial charge < -0.3 is 10.1 Å². The number of nitrogens with zero attached hydrogens (tertiary/aromatic N) is 3. The van der Waals surface area contributed by atoms with Crippen molar-refractivity contribution < 1.29 is 9.66 Å². The molecular weight excluding hydrogens is 260 g/mol. The van der Waals surface area contributed by atoms with Crippen molar-refractivity contribution >= 4 is 11.5 Å². The smallest absolute Gasteiger partial charge is 0.331 e. The first kappa shape index (κ1) is 14.5. The normalized spacial score (nSPS) is 15.8. The lowest BCUT2D eigenvalue weighted by Gasteiger charge is -2.25. The summed E-state index contributed by atoms with van der Waals surface area (Å²) in [4.78, 5) is 16.9. The quantitative estimate of drug-likeness (QED) is 0.633. The average molecular weight is 280 g/mol. The maximum atomic E-state index is 10.9. The monoisotopic (exact) mass is 280 g/mol. The molecule has 1 fully saturated rings. The number of nitro groups is 1. The summed E-state index contributed by atoms with van der Waals surface area (Å²) in [7, 11) is 1.71. The summed E-state index contributed by atoms with van der Waals surface area (Å²) in [6, 6.07) is 2.98. The van der Waals surface area contributed by atoms with Crippen molar-refractivity contribution in [1.82, 2.24) is 9.88 Å². The van der Waals surface area contributed by atoms with Crippen molar-refractivity contribution in [2.75, 3.05) is 38.6 Å². The maximum absolute atomic E-state index is 10.9. The Bertz CT molecular complexity index is 461. The molecule has 0 aliphatic carbocycles. The zero-order valence-electron chi connectivity index (χ0n) is 11.7. The van der Waals surface area contributed by atoms with Gasteiger partial charge in [0.25, 0.3) is 5.88 Å². The Kier molecular flexibility index (Phi) is 5.11. The number of hydrogen-bond donors (Lipinski definition) is 1. The number of anilines is 1. The zero-order valence-corrected chi connectivity index (χ0v) is 11.7. The number of piperidine rings is 1. The van der Waals surface area contributed by atoms with E-state index >= 15 is 0 Å². The topological polar surface area (TPSA) is 80.5 Å². The van der Waals surface area contributed by atoms with E-state index in [1.165, 1.54) is 25.3 Å². The highest BCUT2D eigenvalue weighted by Crippen LogP contribution is 2.26. The van der Waals surface area contributed by atoms with Crippen LogP contribution < -0.4 is 10.1 Å². The van der Waals surface area contributed by atoms with E-state index in [4.69, 9.17) is 4.74 Å². The van der Waals surface area contributed by atoms with E-state index in [1.807, 2.05) is 0 Å². The molecule has 2 heterocycles. The third-order valence-electron chi connectivity index (χ3n) is 3.39. The number of aromatic nitrogens is 1. The van der Waals surface area contributed by atoms with Gasteiger partial charge in [-0.25, -0.2) is 0 Å². The second-order valence-electron chi connectivity index (χ2n) is 4.78. The second-order valence-corrected chi connectivity index (χ2v) is 4.78. The summed E-state index contributed by atoms with van der Waals surface area (Å²) in [6.07, 6.45) is 3.72. The van der Waals surface area contributed by atoms with Crippen molar-refractivity contribution in [3.05, 3.63) is 22.2 Å². The molecule has 0 atom stereocenters. The molecule has 20 heavy (non-hydrogen) atoms. The summed E-state index contributed by atoms with van der Waals surface area (Å²) >= 11 is 0. The molecule has 1 saturated heterocycles. The molecule has 0 unspecified atom stereocenters. The molecule has 0 spiro atoms. The summed E-state index contributed by atoms with van der Waals surface area (Å²) < 4.78 is 5.51. The highest BCUT2D eigenvalue weighted by atomic mass is 16.6. The summed E-state index contributed by atoms with van der Waals surface area (Å²) in [5.74, 6) is 0.641. The van der Waals surface area contributed by atoms with Crippen molar-refractivity contribution in [1.29, 1.82) is 0 Å². The first-order valence-electron chi connectivity index (χ1n) is 6.89. The molecular formula is C13H20N4O3. The molecule has 0 amide bonds. The van der Waals surface area contributed by atoms with Gasteiger partial charge in [0.2, 0.25) is 0 Å². The van der Waals surface area contributed by atoms with E-state index in [9.17, 15) is 10.1 Å². The predicted molar refractivity (Wildman–Crippen MR) is 76.2 cm³/mol. The Balaban J connectivity index is 1.94. The summed E-state index contributed by atoms with van der Waals surface area (Å²) in [5.41, 5.74) is -0.0948. The molecule has 0 bridgehead atoms. The van der Waals surface area contributed by atoms with Crippen LogP contribution in [0.2, 0.25) is 0 Å². The molecule has 2 rings (SSSR count). The van der Waals surface area contributed by atoms with E-state index in [0.717, 1.165) is 19.6 Å². The minimum atomic E-state index is -0.470. The van der Waals surface area contributed by atoms with Crippen LogP contribution in [0.3, 0.4) is 0 Å². The largest absolute Gasteiger partial charge is 0.471 e. The summed E-state index contributed by atoms with van der Waals surface area (Å²) in [6.45, 7) is 3.36. The summed E-state index contributed by atoms with van der Waals surface area (Å²) in [5, 5.41) is 13.8. The van der Waals surface area contributed by atoms with E-state index in [1.54, 1.807) is 13.1 Å². The van der Waals surface area contributed by atoms with Gasteiger partial charge in [0.15, 0.2) is 0 Å². The zero-order chi connectivity index (χ0) is 14.4. The lowest BCUT2D eigenvalue weighted by molar-refractivity contribution is -0.386. The highest BCUT2D eigenvalue weighted by Gasteiger charge is 2.18. The van der Waals surface area contributed by atoms with Gasteiger partial charge in [0.05, 0.1) is 4.92 Å².